The summed E-state index contributed by atoms with van der Waals surface area (Å²) in [5, 5.41) is 2.42. The first-order chi connectivity index (χ1) is 21.9. The highest BCUT2D eigenvalue weighted by atomic mass is 19.4. The van der Waals surface area contributed by atoms with Crippen molar-refractivity contribution in [2.24, 2.45) is 0 Å². The van der Waals surface area contributed by atoms with Gasteiger partial charge >= 0.3 is 18.7 Å². The van der Waals surface area contributed by atoms with E-state index in [0.717, 1.165) is 24.3 Å². The van der Waals surface area contributed by atoms with E-state index < -0.39 is 58.8 Å². The van der Waals surface area contributed by atoms with E-state index in [1.165, 1.54) is 0 Å². The van der Waals surface area contributed by atoms with Crippen molar-refractivity contribution in [2.45, 2.75) is 44.0 Å². The lowest BCUT2D eigenvalue weighted by Crippen LogP contribution is -2.50. The number of nitrogens with one attached hydrogen (secondary N) is 1. The number of carbonyl (C=O) groups excluding carboxylic acids is 1. The minimum Gasteiger partial charge on any atom is -0.491 e. The van der Waals surface area contributed by atoms with Crippen molar-refractivity contribution < 1.29 is 58.2 Å². The van der Waals surface area contributed by atoms with E-state index in [2.05, 4.69) is 23.2 Å². The van der Waals surface area contributed by atoms with Crippen molar-refractivity contribution in [3.8, 4) is 0 Å². The van der Waals surface area contributed by atoms with Gasteiger partial charge < -0.3 is 14.8 Å². The molecule has 2 aromatic carbocycles. The van der Waals surface area contributed by atoms with Crippen LogP contribution < -0.4 is 5.32 Å². The molecule has 2 rings (SSSR count). The van der Waals surface area contributed by atoms with Crippen molar-refractivity contribution in [3.63, 3.8) is 0 Å². The fourth-order valence-corrected chi connectivity index (χ4v) is 3.79. The fraction of sp³-hybridized carbons (Fsp3) is 0.242. The Morgan fingerprint density at radius 2 is 1.68 bits per heavy atom. The van der Waals surface area contributed by atoms with Crippen LogP contribution in [0.2, 0.25) is 0 Å². The van der Waals surface area contributed by atoms with Crippen molar-refractivity contribution >= 4 is 5.91 Å². The maximum Gasteiger partial charge on any atom is 0.460 e. The summed E-state index contributed by atoms with van der Waals surface area (Å²) < 4.78 is 143. The van der Waals surface area contributed by atoms with Gasteiger partial charge in [0.05, 0.1) is 24.0 Å². The summed E-state index contributed by atoms with van der Waals surface area (Å²) in [7, 11) is 0. The summed E-state index contributed by atoms with van der Waals surface area (Å²) in [4.78, 5) is 13.4. The molecular formula is C33H29F10NO3. The first kappa shape index (κ1) is 38.4. The number of ether oxygens (including phenoxy) is 2. The molecule has 0 bridgehead atoms. The average molecular weight is 678 g/mol. The van der Waals surface area contributed by atoms with Crippen molar-refractivity contribution in [2.75, 3.05) is 6.61 Å². The SMILES string of the molecule is C=C(OCCC)/C(F)=C\C=C\[C@@](Cc1ccccc1)(NC(=O)c1ccc(F)c(C(F)(F)F)c1)C(=C)/C=C(F)\C=C\OC(F)(F)C(F)F. The van der Waals surface area contributed by atoms with Crippen LogP contribution in [0.25, 0.3) is 0 Å². The Kier molecular flexibility index (Phi) is 13.7. The Morgan fingerprint density at radius 1 is 1.02 bits per heavy atom. The lowest BCUT2D eigenvalue weighted by Gasteiger charge is -2.33. The molecule has 47 heavy (non-hydrogen) atoms. The number of benzene rings is 2. The van der Waals surface area contributed by atoms with Crippen LogP contribution in [-0.4, -0.2) is 30.6 Å². The van der Waals surface area contributed by atoms with Crippen LogP contribution in [-0.2, 0) is 22.1 Å². The van der Waals surface area contributed by atoms with Gasteiger partial charge in [-0.1, -0.05) is 62.6 Å². The van der Waals surface area contributed by atoms with E-state index in [0.29, 0.717) is 24.1 Å². The Bertz CT molecular complexity index is 1530. The molecule has 1 atom stereocenters. The van der Waals surface area contributed by atoms with E-state index >= 15 is 0 Å². The summed E-state index contributed by atoms with van der Waals surface area (Å²) >= 11 is 0. The molecule has 0 spiro atoms. The van der Waals surface area contributed by atoms with Gasteiger partial charge in [-0.3, -0.25) is 4.79 Å². The summed E-state index contributed by atoms with van der Waals surface area (Å²) in [5.74, 6) is -5.60. The highest BCUT2D eigenvalue weighted by molar-refractivity contribution is 5.95. The molecule has 0 aliphatic heterocycles. The third-order valence-electron chi connectivity index (χ3n) is 6.16. The third kappa shape index (κ3) is 11.5. The van der Waals surface area contributed by atoms with Crippen LogP contribution in [0.1, 0.15) is 34.8 Å². The highest BCUT2D eigenvalue weighted by Crippen LogP contribution is 2.33. The van der Waals surface area contributed by atoms with Crippen LogP contribution in [0.3, 0.4) is 0 Å². The number of hydrogen-bond acceptors (Lipinski definition) is 3. The topological polar surface area (TPSA) is 47.6 Å². The number of allylic oxidation sites excluding steroid dienone is 5. The van der Waals surface area contributed by atoms with Crippen molar-refractivity contribution in [3.05, 3.63) is 144 Å². The minimum absolute atomic E-state index is 0.0459. The van der Waals surface area contributed by atoms with Gasteiger partial charge in [0.2, 0.25) is 0 Å². The van der Waals surface area contributed by atoms with E-state index in [9.17, 15) is 48.7 Å². The highest BCUT2D eigenvalue weighted by Gasteiger charge is 2.43. The molecule has 0 unspecified atom stereocenters. The molecule has 0 saturated heterocycles. The number of halogens is 10. The standard InChI is InChI=1S/C33H29F10NO3/c1-4-16-46-22(3)27(35)11-8-15-31(20-23-9-6-5-7-10-23,21(2)18-25(34)14-17-47-33(42,43)30(37)38)44-29(45)24-12-13-28(36)26(19-24)32(39,40)41/h5-15,17-19,30H,2-4,16,20H2,1H3,(H,44,45)/b15-8+,17-14+,25-18+,27-11+/t31-/m0/s1. The molecule has 0 aliphatic carbocycles. The lowest BCUT2D eigenvalue weighted by atomic mass is 9.82. The minimum atomic E-state index is -5.17. The zero-order valence-corrected chi connectivity index (χ0v) is 24.7. The fourth-order valence-electron chi connectivity index (χ4n) is 3.79. The van der Waals surface area contributed by atoms with Crippen LogP contribution >= 0.6 is 0 Å². The Labute approximate surface area is 264 Å². The predicted molar refractivity (Wildman–Crippen MR) is 155 cm³/mol. The number of amides is 1. The maximum absolute atomic E-state index is 14.9. The van der Waals surface area contributed by atoms with Crippen LogP contribution in [0.5, 0.6) is 0 Å². The number of hydrogen-bond donors (Lipinski definition) is 1. The molecule has 1 amide bonds. The third-order valence-corrected chi connectivity index (χ3v) is 6.16. The zero-order valence-electron chi connectivity index (χ0n) is 24.7. The molecule has 0 aromatic heterocycles. The Balaban J connectivity index is 2.68. The van der Waals surface area contributed by atoms with E-state index in [4.69, 9.17) is 4.74 Å². The zero-order chi connectivity index (χ0) is 35.4. The van der Waals surface area contributed by atoms with Gasteiger partial charge in [-0.05, 0) is 47.9 Å². The van der Waals surface area contributed by atoms with Gasteiger partial charge in [0.15, 0.2) is 5.83 Å². The second-order valence-corrected chi connectivity index (χ2v) is 9.76. The van der Waals surface area contributed by atoms with E-state index in [-0.39, 0.29) is 42.8 Å². The first-order valence-corrected chi connectivity index (χ1v) is 13.6. The van der Waals surface area contributed by atoms with Crippen LogP contribution in [0.4, 0.5) is 43.9 Å². The molecule has 4 nitrogen and oxygen atoms in total. The van der Waals surface area contributed by atoms with E-state index in [1.54, 1.807) is 37.3 Å². The predicted octanol–water partition coefficient (Wildman–Crippen LogP) is 9.70. The quantitative estimate of drug-likeness (QED) is 0.109. The monoisotopic (exact) mass is 677 g/mol. The molecule has 0 aliphatic rings. The van der Waals surface area contributed by atoms with Gasteiger partial charge in [-0.25, -0.2) is 13.2 Å². The van der Waals surface area contributed by atoms with Gasteiger partial charge in [0, 0.05) is 18.1 Å². The Hall–Kier alpha value is -4.75. The molecule has 1 N–H and O–H groups in total. The molecular weight excluding hydrogens is 648 g/mol. The largest absolute Gasteiger partial charge is 0.491 e. The first-order valence-electron chi connectivity index (χ1n) is 13.6. The molecule has 14 heteroatoms. The normalized spacial score (nSPS) is 14.4. The number of rotatable bonds is 16. The second-order valence-electron chi connectivity index (χ2n) is 9.76. The molecule has 0 saturated carbocycles. The van der Waals surface area contributed by atoms with Crippen molar-refractivity contribution in [1.29, 1.82) is 0 Å². The second kappa shape index (κ2) is 16.7. The summed E-state index contributed by atoms with van der Waals surface area (Å²) in [6.07, 6.45) is -10.3. The van der Waals surface area contributed by atoms with Gasteiger partial charge in [-0.15, -0.1) is 0 Å². The maximum atomic E-state index is 14.9. The smallest absolute Gasteiger partial charge is 0.460 e. The molecule has 0 fully saturated rings. The van der Waals surface area contributed by atoms with Crippen LogP contribution in [0, 0.1) is 5.82 Å². The summed E-state index contributed by atoms with van der Waals surface area (Å²) in [6.45, 7) is 9.06. The van der Waals surface area contributed by atoms with E-state index in [1.807, 2.05) is 0 Å². The molecule has 0 heterocycles. The average Bonchev–Trinajstić information content (AvgIpc) is 2.99. The van der Waals surface area contributed by atoms with Crippen LogP contribution in [0.15, 0.2) is 121 Å². The number of alkyl halides is 7. The van der Waals surface area contributed by atoms with Crippen molar-refractivity contribution in [1.82, 2.24) is 5.32 Å². The summed E-state index contributed by atoms with van der Waals surface area (Å²) in [5.41, 5.74) is -4.39. The summed E-state index contributed by atoms with van der Waals surface area (Å²) in [6, 6.07) is 9.33. The molecule has 2 aromatic rings. The molecule has 254 valence electrons. The van der Waals surface area contributed by atoms with Gasteiger partial charge in [0.25, 0.3) is 5.91 Å². The van der Waals surface area contributed by atoms with Gasteiger partial charge in [0.1, 0.15) is 17.4 Å². The Morgan fingerprint density at radius 3 is 2.28 bits per heavy atom. The molecule has 0 radical (unpaired) electrons. The van der Waals surface area contributed by atoms with Gasteiger partial charge in [-0.2, -0.15) is 30.7 Å². The number of carbonyl (C=O) groups is 1. The lowest BCUT2D eigenvalue weighted by molar-refractivity contribution is -0.274.